The Morgan fingerprint density at radius 1 is 1.00 bits per heavy atom. The fourth-order valence-electron chi connectivity index (χ4n) is 3.34. The Morgan fingerprint density at radius 3 is 2.12 bits per heavy atom. The van der Waals surface area contributed by atoms with Gasteiger partial charge in [-0.2, -0.15) is 0 Å². The normalized spacial score (nSPS) is 11.9. The number of aliphatic hydroxyl groups is 1. The summed E-state index contributed by atoms with van der Waals surface area (Å²) in [4.78, 5) is 5.01. The third-order valence-electron chi connectivity index (χ3n) is 4.73. The summed E-state index contributed by atoms with van der Waals surface area (Å²) in [6.45, 7) is 13.0. The van der Waals surface area contributed by atoms with Gasteiger partial charge in [0.25, 0.3) is 0 Å². The molecular weight excluding hydrogens is 318 g/mol. The van der Waals surface area contributed by atoms with Crippen LogP contribution < -0.4 is 0 Å². The molecule has 0 saturated carbocycles. The molecule has 2 heteroatoms. The molecule has 0 aliphatic rings. The van der Waals surface area contributed by atoms with Crippen LogP contribution in [0.3, 0.4) is 0 Å². The van der Waals surface area contributed by atoms with Crippen molar-refractivity contribution < 1.29 is 5.11 Å². The summed E-state index contributed by atoms with van der Waals surface area (Å²) in [6, 6.07) is 8.60. The van der Waals surface area contributed by atoms with Gasteiger partial charge in [0.1, 0.15) is 0 Å². The first-order chi connectivity index (χ1) is 12.4. The van der Waals surface area contributed by atoms with E-state index in [-0.39, 0.29) is 12.5 Å². The molecule has 2 rings (SSSR count). The molecule has 1 aromatic heterocycles. The fraction of sp³-hybridized carbons (Fsp3) is 0.458. The molecule has 0 amide bonds. The Hall–Kier alpha value is -1.93. The monoisotopic (exact) mass is 351 g/mol. The van der Waals surface area contributed by atoms with E-state index in [0.717, 1.165) is 46.5 Å². The third-order valence-corrected chi connectivity index (χ3v) is 4.73. The summed E-state index contributed by atoms with van der Waals surface area (Å²) >= 11 is 0. The minimum atomic E-state index is 0.0106. The summed E-state index contributed by atoms with van der Waals surface area (Å²) in [5, 5.41) is 10.2. The van der Waals surface area contributed by atoms with Crippen LogP contribution in [0.5, 0.6) is 0 Å². The molecule has 2 nitrogen and oxygen atoms in total. The van der Waals surface area contributed by atoms with E-state index in [0.29, 0.717) is 5.92 Å². The minimum Gasteiger partial charge on any atom is -0.392 e. The average Bonchev–Trinajstić information content (AvgIpc) is 2.61. The van der Waals surface area contributed by atoms with Crippen LogP contribution in [0.1, 0.15) is 87.4 Å². The van der Waals surface area contributed by atoms with Gasteiger partial charge in [0.2, 0.25) is 0 Å². The van der Waals surface area contributed by atoms with Crippen molar-refractivity contribution >= 4 is 6.08 Å². The van der Waals surface area contributed by atoms with Gasteiger partial charge in [-0.15, -0.1) is 0 Å². The average molecular weight is 352 g/mol. The number of pyridine rings is 1. The highest BCUT2D eigenvalue weighted by atomic mass is 16.3. The van der Waals surface area contributed by atoms with Crippen LogP contribution in [-0.4, -0.2) is 10.1 Å². The van der Waals surface area contributed by atoms with Crippen LogP contribution in [0.25, 0.3) is 17.2 Å². The first-order valence-corrected chi connectivity index (χ1v) is 9.81. The molecule has 0 aliphatic heterocycles. The lowest BCUT2D eigenvalue weighted by atomic mass is 9.87. The van der Waals surface area contributed by atoms with Gasteiger partial charge in [-0.25, -0.2) is 0 Å². The lowest BCUT2D eigenvalue weighted by molar-refractivity contribution is 0.280. The Labute approximate surface area is 159 Å². The number of unbranched alkanes of at least 4 members (excludes halogenated alkanes) is 1. The number of aryl methyl sites for hydroxylation is 1. The van der Waals surface area contributed by atoms with E-state index in [9.17, 15) is 5.11 Å². The van der Waals surface area contributed by atoms with Crippen LogP contribution in [0.15, 0.2) is 30.3 Å². The summed E-state index contributed by atoms with van der Waals surface area (Å²) in [5.74, 6) is 0.596. The summed E-state index contributed by atoms with van der Waals surface area (Å²) in [7, 11) is 0. The zero-order chi connectivity index (χ0) is 19.3. The lowest BCUT2D eigenvalue weighted by Gasteiger charge is -2.23. The van der Waals surface area contributed by atoms with Crippen LogP contribution in [0.2, 0.25) is 0 Å². The van der Waals surface area contributed by atoms with Crippen LogP contribution in [0, 0.1) is 6.92 Å². The number of hydrogen-bond acceptors (Lipinski definition) is 2. The number of aromatic nitrogens is 1. The molecule has 0 spiro atoms. The molecule has 0 atom stereocenters. The van der Waals surface area contributed by atoms with Crippen molar-refractivity contribution in [1.82, 2.24) is 4.98 Å². The molecule has 2 aromatic rings. The summed E-state index contributed by atoms with van der Waals surface area (Å²) in [6.07, 6.45) is 6.62. The zero-order valence-corrected chi connectivity index (χ0v) is 17.1. The highest BCUT2D eigenvalue weighted by Gasteiger charge is 2.22. The zero-order valence-electron chi connectivity index (χ0n) is 17.1. The lowest BCUT2D eigenvalue weighted by Crippen LogP contribution is -2.10. The van der Waals surface area contributed by atoms with Gasteiger partial charge >= 0.3 is 0 Å². The summed E-state index contributed by atoms with van der Waals surface area (Å²) < 4.78 is 0. The molecule has 26 heavy (non-hydrogen) atoms. The van der Waals surface area contributed by atoms with E-state index in [1.807, 2.05) is 0 Å². The maximum atomic E-state index is 10.2. The minimum absolute atomic E-state index is 0.0106. The molecule has 1 N–H and O–H groups in total. The van der Waals surface area contributed by atoms with Gasteiger partial charge in [-0.1, -0.05) is 83.0 Å². The molecular formula is C24H33NO. The van der Waals surface area contributed by atoms with E-state index < -0.39 is 0 Å². The summed E-state index contributed by atoms with van der Waals surface area (Å²) in [5.41, 5.74) is 7.79. The van der Waals surface area contributed by atoms with Gasteiger partial charge in [0.05, 0.1) is 12.3 Å². The smallest absolute Gasteiger partial charge is 0.0706 e. The van der Waals surface area contributed by atoms with Crippen LogP contribution in [-0.2, 0) is 6.61 Å². The Kier molecular flexibility index (Phi) is 7.16. The van der Waals surface area contributed by atoms with E-state index in [4.69, 9.17) is 4.98 Å². The predicted molar refractivity (Wildman–Crippen MR) is 112 cm³/mol. The largest absolute Gasteiger partial charge is 0.392 e. The molecule has 0 radical (unpaired) electrons. The number of rotatable bonds is 7. The SMILES string of the molecule is CCC/C=C/c1c(C(C)C)nc(C(C)C)c(CO)c1-c1ccc(C)cc1. The van der Waals surface area contributed by atoms with Crippen LogP contribution in [0.4, 0.5) is 0 Å². The van der Waals surface area contributed by atoms with E-state index >= 15 is 0 Å². The molecule has 1 heterocycles. The molecule has 1 aromatic carbocycles. The first-order valence-electron chi connectivity index (χ1n) is 9.81. The predicted octanol–water partition coefficient (Wildman–Crippen LogP) is 6.61. The highest BCUT2D eigenvalue weighted by molar-refractivity contribution is 5.80. The Morgan fingerprint density at radius 2 is 1.62 bits per heavy atom. The standard InChI is InChI=1S/C24H33NO/c1-7-8-9-10-20-22(19-13-11-18(6)12-14-19)21(15-26)24(17(4)5)25-23(20)16(2)3/h9-14,16-17,26H,7-8,15H2,1-6H3/b10-9+. The van der Waals surface area contributed by atoms with E-state index in [1.165, 1.54) is 5.56 Å². The number of aliphatic hydroxyl groups excluding tert-OH is 1. The Balaban J connectivity index is 2.86. The molecule has 0 bridgehead atoms. The van der Waals surface area contributed by atoms with Gasteiger partial charge in [-0.3, -0.25) is 4.98 Å². The van der Waals surface area contributed by atoms with Gasteiger partial charge in [0, 0.05) is 16.8 Å². The molecule has 0 saturated heterocycles. The number of hydrogen-bond donors (Lipinski definition) is 1. The molecule has 0 aliphatic carbocycles. The third kappa shape index (κ3) is 4.42. The number of benzene rings is 1. The Bertz CT molecular complexity index is 755. The van der Waals surface area contributed by atoms with Gasteiger partial charge < -0.3 is 5.11 Å². The van der Waals surface area contributed by atoms with E-state index in [1.54, 1.807) is 0 Å². The maximum Gasteiger partial charge on any atom is 0.0706 e. The van der Waals surface area contributed by atoms with Crippen molar-refractivity contribution in [2.24, 2.45) is 0 Å². The van der Waals surface area contributed by atoms with Crippen molar-refractivity contribution in [1.29, 1.82) is 0 Å². The van der Waals surface area contributed by atoms with Crippen molar-refractivity contribution in [3.63, 3.8) is 0 Å². The molecule has 0 unspecified atom stereocenters. The topological polar surface area (TPSA) is 33.1 Å². The highest BCUT2D eigenvalue weighted by Crippen LogP contribution is 2.37. The quantitative estimate of drug-likeness (QED) is 0.609. The number of allylic oxidation sites excluding steroid dienone is 1. The van der Waals surface area contributed by atoms with Gasteiger partial charge in [-0.05, 0) is 36.3 Å². The van der Waals surface area contributed by atoms with Crippen molar-refractivity contribution in [2.45, 2.75) is 72.8 Å². The second-order valence-electron chi connectivity index (χ2n) is 7.67. The first kappa shape index (κ1) is 20.4. The van der Waals surface area contributed by atoms with E-state index in [2.05, 4.69) is 78.0 Å². The van der Waals surface area contributed by atoms with Gasteiger partial charge in [0.15, 0.2) is 0 Å². The van der Waals surface area contributed by atoms with Crippen molar-refractivity contribution in [3.05, 3.63) is 58.4 Å². The van der Waals surface area contributed by atoms with Crippen LogP contribution >= 0.6 is 0 Å². The second-order valence-corrected chi connectivity index (χ2v) is 7.67. The second kappa shape index (κ2) is 9.14. The molecule has 0 fully saturated rings. The maximum absolute atomic E-state index is 10.2. The fourth-order valence-corrected chi connectivity index (χ4v) is 3.34. The van der Waals surface area contributed by atoms with Crippen molar-refractivity contribution in [2.75, 3.05) is 0 Å². The van der Waals surface area contributed by atoms with Crippen molar-refractivity contribution in [3.8, 4) is 11.1 Å². The number of nitrogens with zero attached hydrogens (tertiary/aromatic N) is 1. The molecule has 140 valence electrons.